The van der Waals surface area contributed by atoms with Gasteiger partial charge in [0.1, 0.15) is 12.2 Å². The van der Waals surface area contributed by atoms with E-state index in [4.69, 9.17) is 10.2 Å². The van der Waals surface area contributed by atoms with Crippen molar-refractivity contribution in [2.75, 3.05) is 0 Å². The quantitative estimate of drug-likeness (QED) is 0.453. The van der Waals surface area contributed by atoms with Crippen LogP contribution < -0.4 is 10.2 Å². The summed E-state index contributed by atoms with van der Waals surface area (Å²) in [5.41, 5.74) is 0. The third-order valence-corrected chi connectivity index (χ3v) is 0.782. The number of aliphatic hydroxyl groups excluding tert-OH is 2. The van der Waals surface area contributed by atoms with E-state index in [0.29, 0.717) is 0 Å². The molecule has 0 spiro atoms. The Morgan fingerprint density at radius 2 is 1.17 bits per heavy atom. The minimum atomic E-state index is -2.44. The standard InChI is InChI=1S/C4H6O6.Mn.H2O/c5-1(3(7)8)2(6)4(9)10;;/h1-2,5-6H,(H,7,8)(H,9,10);;1H2/q;+2;/p-2. The number of aliphatic carboxylic acids is 2. The smallest absolute Gasteiger partial charge is 0.547 e. The van der Waals surface area contributed by atoms with Crippen LogP contribution >= 0.6 is 0 Å². The van der Waals surface area contributed by atoms with Gasteiger partial charge in [-0.15, -0.1) is 0 Å². The number of rotatable bonds is 3. The monoisotopic (exact) mass is 221 g/mol. The maximum atomic E-state index is 9.63. The molecule has 71 valence electrons. The average molecular weight is 221 g/mol. The van der Waals surface area contributed by atoms with E-state index in [1.807, 2.05) is 0 Å². The van der Waals surface area contributed by atoms with Gasteiger partial charge in [-0.1, -0.05) is 0 Å². The molecule has 0 heterocycles. The molecule has 7 nitrogen and oxygen atoms in total. The maximum absolute atomic E-state index is 9.63. The van der Waals surface area contributed by atoms with E-state index in [0.717, 1.165) is 0 Å². The molecular formula is C4H6MnO7. The van der Waals surface area contributed by atoms with E-state index in [1.54, 1.807) is 0 Å². The molecule has 0 fully saturated rings. The summed E-state index contributed by atoms with van der Waals surface area (Å²) in [6, 6.07) is 0. The van der Waals surface area contributed by atoms with Crippen LogP contribution in [0.3, 0.4) is 0 Å². The van der Waals surface area contributed by atoms with E-state index < -0.39 is 24.1 Å². The van der Waals surface area contributed by atoms with Crippen molar-refractivity contribution in [2.45, 2.75) is 12.2 Å². The molecule has 2 atom stereocenters. The van der Waals surface area contributed by atoms with Crippen molar-refractivity contribution < 1.29 is 52.6 Å². The van der Waals surface area contributed by atoms with E-state index in [2.05, 4.69) is 0 Å². The minimum absolute atomic E-state index is 0. The van der Waals surface area contributed by atoms with Crippen LogP contribution in [0.25, 0.3) is 0 Å². The van der Waals surface area contributed by atoms with Gasteiger partial charge < -0.3 is 35.5 Å². The SMILES string of the molecule is O.O=C([O-])C(O)C(O)C(=O)[O-].[Mn+2]. The van der Waals surface area contributed by atoms with Crippen molar-refractivity contribution in [2.24, 2.45) is 0 Å². The Bertz CT molecular complexity index is 139. The van der Waals surface area contributed by atoms with Gasteiger partial charge in [0.25, 0.3) is 0 Å². The van der Waals surface area contributed by atoms with Gasteiger partial charge in [-0.3, -0.25) is 0 Å². The largest absolute Gasteiger partial charge is 2.00 e. The summed E-state index contributed by atoms with van der Waals surface area (Å²) in [5.74, 6) is -4.12. The van der Waals surface area contributed by atoms with Gasteiger partial charge in [-0.2, -0.15) is 0 Å². The second kappa shape index (κ2) is 7.01. The first kappa shape index (κ1) is 17.4. The van der Waals surface area contributed by atoms with Crippen molar-refractivity contribution in [3.05, 3.63) is 0 Å². The summed E-state index contributed by atoms with van der Waals surface area (Å²) < 4.78 is 0. The van der Waals surface area contributed by atoms with Crippen LogP contribution in [-0.4, -0.2) is 39.8 Å². The minimum Gasteiger partial charge on any atom is -0.547 e. The third-order valence-electron chi connectivity index (χ3n) is 0.782. The van der Waals surface area contributed by atoms with Crippen LogP contribution in [0.1, 0.15) is 0 Å². The third kappa shape index (κ3) is 5.05. The summed E-state index contributed by atoms with van der Waals surface area (Å²) in [7, 11) is 0. The first-order valence-corrected chi connectivity index (χ1v) is 2.24. The number of carboxylic acids is 2. The van der Waals surface area contributed by atoms with Gasteiger partial charge in [0, 0.05) is 0 Å². The maximum Gasteiger partial charge on any atom is 2.00 e. The summed E-state index contributed by atoms with van der Waals surface area (Å²) in [6.07, 6.45) is -4.88. The van der Waals surface area contributed by atoms with E-state index in [-0.39, 0.29) is 22.5 Å². The van der Waals surface area contributed by atoms with E-state index in [1.165, 1.54) is 0 Å². The second-order valence-corrected chi connectivity index (χ2v) is 1.53. The van der Waals surface area contributed by atoms with Gasteiger partial charge in [0.05, 0.1) is 11.9 Å². The van der Waals surface area contributed by atoms with Gasteiger partial charge in [0.2, 0.25) is 0 Å². The molecule has 0 rings (SSSR count). The van der Waals surface area contributed by atoms with E-state index >= 15 is 0 Å². The van der Waals surface area contributed by atoms with E-state index in [9.17, 15) is 19.8 Å². The molecular weight excluding hydrogens is 215 g/mol. The topological polar surface area (TPSA) is 152 Å². The molecule has 0 saturated heterocycles. The van der Waals surface area contributed by atoms with Crippen molar-refractivity contribution in [1.82, 2.24) is 0 Å². The Morgan fingerprint density at radius 3 is 1.25 bits per heavy atom. The molecule has 0 aliphatic carbocycles. The Hall–Kier alpha value is -0.661. The molecule has 0 aromatic heterocycles. The zero-order valence-electron chi connectivity index (χ0n) is 5.56. The Morgan fingerprint density at radius 1 is 1.00 bits per heavy atom. The zero-order chi connectivity index (χ0) is 8.31. The van der Waals surface area contributed by atoms with Crippen LogP contribution in [0.15, 0.2) is 0 Å². The summed E-state index contributed by atoms with van der Waals surface area (Å²) in [4.78, 5) is 19.3. The molecule has 0 aliphatic heterocycles. The van der Waals surface area contributed by atoms with Crippen LogP contribution in [0, 0.1) is 0 Å². The molecule has 0 aliphatic rings. The number of hydrogen-bond donors (Lipinski definition) is 2. The van der Waals surface area contributed by atoms with Crippen molar-refractivity contribution in [1.29, 1.82) is 0 Å². The summed E-state index contributed by atoms with van der Waals surface area (Å²) >= 11 is 0. The molecule has 0 aromatic carbocycles. The molecule has 0 saturated carbocycles. The van der Waals surface area contributed by atoms with Crippen LogP contribution in [-0.2, 0) is 26.7 Å². The molecule has 2 unspecified atom stereocenters. The summed E-state index contributed by atoms with van der Waals surface area (Å²) in [5, 5.41) is 35.7. The molecule has 0 aromatic rings. The van der Waals surface area contributed by atoms with Crippen LogP contribution in [0.2, 0.25) is 0 Å². The van der Waals surface area contributed by atoms with Gasteiger partial charge in [0.15, 0.2) is 0 Å². The summed E-state index contributed by atoms with van der Waals surface area (Å²) in [6.45, 7) is 0. The van der Waals surface area contributed by atoms with Crippen molar-refractivity contribution >= 4 is 11.9 Å². The first-order valence-electron chi connectivity index (χ1n) is 2.24. The molecule has 0 amide bonds. The number of carbonyl (C=O) groups is 2. The fourth-order valence-corrected chi connectivity index (χ4v) is 0.258. The molecule has 4 N–H and O–H groups in total. The Labute approximate surface area is 77.4 Å². The van der Waals surface area contributed by atoms with Crippen molar-refractivity contribution in [3.8, 4) is 0 Å². The normalized spacial score (nSPS) is 13.2. The Balaban J connectivity index is -0.000000405. The molecule has 0 bridgehead atoms. The van der Waals surface area contributed by atoms with Crippen molar-refractivity contribution in [3.63, 3.8) is 0 Å². The number of hydrogen-bond acceptors (Lipinski definition) is 6. The molecule has 12 heavy (non-hydrogen) atoms. The fourth-order valence-electron chi connectivity index (χ4n) is 0.258. The number of carboxylic acid groups (broad SMARTS) is 2. The van der Waals surface area contributed by atoms with Gasteiger partial charge >= 0.3 is 17.1 Å². The Kier molecular flexibility index (Phi) is 10.2. The van der Waals surface area contributed by atoms with Gasteiger partial charge in [-0.25, -0.2) is 0 Å². The second-order valence-electron chi connectivity index (χ2n) is 1.53. The van der Waals surface area contributed by atoms with Crippen LogP contribution in [0.4, 0.5) is 0 Å². The predicted octanol–water partition coefficient (Wildman–Crippen LogP) is -5.62. The van der Waals surface area contributed by atoms with Crippen LogP contribution in [0.5, 0.6) is 0 Å². The van der Waals surface area contributed by atoms with Gasteiger partial charge in [-0.05, 0) is 0 Å². The molecule has 1 radical (unpaired) electrons. The first-order chi connectivity index (χ1) is 4.46. The number of aliphatic hydroxyl groups is 2. The predicted molar refractivity (Wildman–Crippen MR) is 25.6 cm³/mol. The number of carbonyl (C=O) groups excluding carboxylic acids is 2. The zero-order valence-corrected chi connectivity index (χ0v) is 6.74. The molecule has 8 heteroatoms. The average Bonchev–Trinajstić information content (AvgIpc) is 1.84. The fraction of sp³-hybridized carbons (Fsp3) is 0.500.